The Balaban J connectivity index is 2.05. The average molecular weight is 408 g/mol. The molecule has 0 unspecified atom stereocenters. The molecule has 5 heteroatoms. The fourth-order valence-electron chi connectivity index (χ4n) is 4.16. The lowest BCUT2D eigenvalue weighted by Crippen LogP contribution is -2.46. The predicted molar refractivity (Wildman–Crippen MR) is 124 cm³/mol. The fraction of sp³-hybridized carbons (Fsp3) is 0.333. The van der Waals surface area contributed by atoms with Crippen molar-refractivity contribution in [2.24, 2.45) is 0 Å². The number of hydrogen-bond donors (Lipinski definition) is 3. The summed E-state index contributed by atoms with van der Waals surface area (Å²) >= 11 is 5.41. The zero-order chi connectivity index (χ0) is 21.3. The molecule has 3 N–H and O–H groups in total. The molecule has 1 heterocycles. The van der Waals surface area contributed by atoms with Gasteiger partial charge in [-0.1, -0.05) is 49.7 Å². The second kappa shape index (κ2) is 8.37. The molecule has 1 aliphatic rings. The number of thiocarbonyl (C=S) groups is 1. The van der Waals surface area contributed by atoms with Gasteiger partial charge in [-0.15, -0.1) is 0 Å². The molecule has 0 radical (unpaired) electrons. The smallest absolute Gasteiger partial charge is 0.255 e. The second-order valence-corrected chi connectivity index (χ2v) is 8.49. The van der Waals surface area contributed by atoms with Crippen LogP contribution in [-0.4, -0.2) is 11.0 Å². The lowest BCUT2D eigenvalue weighted by Gasteiger charge is -2.32. The highest BCUT2D eigenvalue weighted by Gasteiger charge is 2.32. The van der Waals surface area contributed by atoms with E-state index in [-0.39, 0.29) is 11.9 Å². The minimum absolute atomic E-state index is 0.123. The number of benzene rings is 2. The van der Waals surface area contributed by atoms with Gasteiger partial charge in [0.25, 0.3) is 5.91 Å². The zero-order valence-corrected chi connectivity index (χ0v) is 18.8. The average Bonchev–Trinajstić information content (AvgIpc) is 2.60. The van der Waals surface area contributed by atoms with E-state index in [1.165, 1.54) is 5.56 Å². The number of carbonyl (C=O) groups excluding carboxylic acids is 1. The van der Waals surface area contributed by atoms with Crippen LogP contribution in [0.25, 0.3) is 0 Å². The molecule has 0 aliphatic carbocycles. The Morgan fingerprint density at radius 3 is 2.31 bits per heavy atom. The summed E-state index contributed by atoms with van der Waals surface area (Å²) in [5, 5.41) is 10.1. The van der Waals surface area contributed by atoms with Crippen molar-refractivity contribution in [3.63, 3.8) is 0 Å². The summed E-state index contributed by atoms with van der Waals surface area (Å²) in [5.74, 6) is 0.191. The Morgan fingerprint density at radius 2 is 1.69 bits per heavy atom. The molecule has 152 valence electrons. The lowest BCUT2D eigenvalue weighted by molar-refractivity contribution is -0.113. The topological polar surface area (TPSA) is 53.2 Å². The second-order valence-electron chi connectivity index (χ2n) is 8.08. The van der Waals surface area contributed by atoms with Gasteiger partial charge in [-0.25, -0.2) is 0 Å². The number of amides is 1. The number of nitrogens with one attached hydrogen (secondary N) is 3. The minimum Gasteiger partial charge on any atom is -0.351 e. The molecule has 3 rings (SSSR count). The Kier molecular flexibility index (Phi) is 6.08. The van der Waals surface area contributed by atoms with Crippen molar-refractivity contribution in [1.82, 2.24) is 10.6 Å². The van der Waals surface area contributed by atoms with Gasteiger partial charge in [0.2, 0.25) is 0 Å². The van der Waals surface area contributed by atoms with Gasteiger partial charge in [-0.3, -0.25) is 4.79 Å². The molecule has 4 nitrogen and oxygen atoms in total. The van der Waals surface area contributed by atoms with E-state index in [1.54, 1.807) is 0 Å². The summed E-state index contributed by atoms with van der Waals surface area (Å²) in [6.07, 6.45) is 0. The number of carbonyl (C=O) groups is 1. The number of aryl methyl sites for hydroxylation is 3. The third-order valence-electron chi connectivity index (χ3n) is 5.37. The number of anilines is 1. The Morgan fingerprint density at radius 1 is 1.07 bits per heavy atom. The monoisotopic (exact) mass is 407 g/mol. The summed E-state index contributed by atoms with van der Waals surface area (Å²) in [7, 11) is 0. The van der Waals surface area contributed by atoms with Crippen LogP contribution in [0.5, 0.6) is 0 Å². The van der Waals surface area contributed by atoms with E-state index in [0.29, 0.717) is 16.6 Å². The number of allylic oxidation sites excluding steroid dienone is 1. The first-order valence-corrected chi connectivity index (χ1v) is 10.4. The van der Waals surface area contributed by atoms with Crippen LogP contribution in [0.2, 0.25) is 0 Å². The largest absolute Gasteiger partial charge is 0.351 e. The van der Waals surface area contributed by atoms with Gasteiger partial charge < -0.3 is 16.0 Å². The number of para-hydroxylation sites is 1. The van der Waals surface area contributed by atoms with Crippen LogP contribution in [0.1, 0.15) is 60.5 Å². The van der Waals surface area contributed by atoms with Crippen LogP contribution in [0.15, 0.2) is 47.7 Å². The number of rotatable bonds is 4. The van der Waals surface area contributed by atoms with Gasteiger partial charge in [0.1, 0.15) is 0 Å². The standard InChI is InChI=1S/C24H29N3OS/c1-13(2)18-9-7-8-10-19(18)26-23(28)21-17(6)25-24(29)27-22(21)20-15(4)11-14(3)12-16(20)5/h7-13,22H,1-6H3,(H,26,28)(H2,25,27,29)/t22-/m0/s1. The van der Waals surface area contributed by atoms with Gasteiger partial charge in [-0.05, 0) is 74.2 Å². The lowest BCUT2D eigenvalue weighted by atomic mass is 9.87. The van der Waals surface area contributed by atoms with Crippen LogP contribution in [0, 0.1) is 20.8 Å². The molecule has 0 saturated carbocycles. The summed E-state index contributed by atoms with van der Waals surface area (Å²) in [4.78, 5) is 13.4. The van der Waals surface area contributed by atoms with E-state index in [4.69, 9.17) is 12.2 Å². The first-order chi connectivity index (χ1) is 13.7. The fourth-order valence-corrected chi connectivity index (χ4v) is 4.43. The molecular weight excluding hydrogens is 378 g/mol. The zero-order valence-electron chi connectivity index (χ0n) is 17.9. The number of hydrogen-bond acceptors (Lipinski definition) is 2. The van der Waals surface area contributed by atoms with Crippen molar-refractivity contribution in [1.29, 1.82) is 0 Å². The molecule has 1 aliphatic heterocycles. The molecule has 0 aromatic heterocycles. The Hall–Kier alpha value is -2.66. The molecule has 1 amide bonds. The first kappa shape index (κ1) is 21.1. The van der Waals surface area contributed by atoms with Crippen molar-refractivity contribution >= 4 is 28.9 Å². The maximum atomic E-state index is 13.4. The van der Waals surface area contributed by atoms with Crippen LogP contribution in [0.3, 0.4) is 0 Å². The molecular formula is C24H29N3OS. The Bertz CT molecular complexity index is 984. The molecule has 2 aromatic carbocycles. The molecule has 0 saturated heterocycles. The van der Waals surface area contributed by atoms with E-state index in [9.17, 15) is 4.79 Å². The molecule has 0 fully saturated rings. The molecule has 0 bridgehead atoms. The summed E-state index contributed by atoms with van der Waals surface area (Å²) in [6.45, 7) is 12.4. The summed E-state index contributed by atoms with van der Waals surface area (Å²) in [5.41, 5.74) is 7.99. The van der Waals surface area contributed by atoms with Crippen LogP contribution in [0.4, 0.5) is 5.69 Å². The third kappa shape index (κ3) is 4.35. The maximum Gasteiger partial charge on any atom is 0.255 e. The van der Waals surface area contributed by atoms with Crippen molar-refractivity contribution < 1.29 is 4.79 Å². The van der Waals surface area contributed by atoms with E-state index in [1.807, 2.05) is 25.1 Å². The quantitative estimate of drug-likeness (QED) is 0.612. The van der Waals surface area contributed by atoms with Crippen molar-refractivity contribution in [2.75, 3.05) is 5.32 Å². The normalized spacial score (nSPS) is 16.5. The van der Waals surface area contributed by atoms with E-state index < -0.39 is 0 Å². The van der Waals surface area contributed by atoms with Crippen molar-refractivity contribution in [2.45, 2.75) is 53.5 Å². The van der Waals surface area contributed by atoms with Gasteiger partial charge in [0.15, 0.2) is 5.11 Å². The van der Waals surface area contributed by atoms with E-state index >= 15 is 0 Å². The van der Waals surface area contributed by atoms with Crippen LogP contribution in [-0.2, 0) is 4.79 Å². The highest BCUT2D eigenvalue weighted by atomic mass is 32.1. The van der Waals surface area contributed by atoms with E-state index in [0.717, 1.165) is 33.6 Å². The van der Waals surface area contributed by atoms with Gasteiger partial charge >= 0.3 is 0 Å². The molecule has 2 aromatic rings. The van der Waals surface area contributed by atoms with E-state index in [2.05, 4.69) is 68.8 Å². The minimum atomic E-state index is -0.296. The van der Waals surface area contributed by atoms with Crippen molar-refractivity contribution in [3.8, 4) is 0 Å². The molecule has 0 spiro atoms. The van der Waals surface area contributed by atoms with Gasteiger partial charge in [0.05, 0.1) is 11.6 Å². The molecule has 1 atom stereocenters. The predicted octanol–water partition coefficient (Wildman–Crippen LogP) is 5.17. The van der Waals surface area contributed by atoms with Crippen LogP contribution >= 0.6 is 12.2 Å². The summed E-state index contributed by atoms with van der Waals surface area (Å²) in [6, 6.07) is 12.0. The van der Waals surface area contributed by atoms with Crippen LogP contribution < -0.4 is 16.0 Å². The van der Waals surface area contributed by atoms with Crippen molar-refractivity contribution in [3.05, 3.63) is 75.5 Å². The van der Waals surface area contributed by atoms with Gasteiger partial charge in [-0.2, -0.15) is 0 Å². The highest BCUT2D eigenvalue weighted by molar-refractivity contribution is 7.80. The Labute approximate surface area is 178 Å². The van der Waals surface area contributed by atoms with Gasteiger partial charge in [0, 0.05) is 11.4 Å². The maximum absolute atomic E-state index is 13.4. The third-order valence-corrected chi connectivity index (χ3v) is 5.59. The molecule has 29 heavy (non-hydrogen) atoms. The summed E-state index contributed by atoms with van der Waals surface area (Å²) < 4.78 is 0. The highest BCUT2D eigenvalue weighted by Crippen LogP contribution is 2.33. The first-order valence-electron chi connectivity index (χ1n) is 9.95. The SMILES string of the molecule is CC1=C(C(=O)Nc2ccccc2C(C)C)[C@H](c2c(C)cc(C)cc2C)NC(=S)N1.